The smallest absolute Gasteiger partial charge is 0.262 e. The highest BCUT2D eigenvalue weighted by atomic mass is 32.3. The van der Waals surface area contributed by atoms with Gasteiger partial charge in [0.25, 0.3) is 10.4 Å². The Bertz CT molecular complexity index is 450. The molecule has 0 radical (unpaired) electrons. The molecule has 0 aliphatic rings. The van der Waals surface area contributed by atoms with Crippen LogP contribution in [0.5, 0.6) is 5.75 Å². The van der Waals surface area contributed by atoms with E-state index in [9.17, 15) is 17.8 Å². The highest BCUT2D eigenvalue weighted by Crippen LogP contribution is 2.16. The van der Waals surface area contributed by atoms with E-state index < -0.39 is 10.4 Å². The highest BCUT2D eigenvalue weighted by molar-refractivity contribution is 7.81. The summed E-state index contributed by atoms with van der Waals surface area (Å²) in [6, 6.07) is 5.37. The summed E-state index contributed by atoms with van der Waals surface area (Å²) in [7, 11) is -4.75. The summed E-state index contributed by atoms with van der Waals surface area (Å²) in [4.78, 5) is 10.6. The van der Waals surface area contributed by atoms with Gasteiger partial charge in [0.15, 0.2) is 0 Å². The van der Waals surface area contributed by atoms with Crippen molar-refractivity contribution in [2.75, 3.05) is 5.32 Å². The minimum absolute atomic E-state index is 0.0981. The summed E-state index contributed by atoms with van der Waals surface area (Å²) in [5.41, 5.74) is 0.484. The van der Waals surface area contributed by atoms with Gasteiger partial charge in [-0.05, 0) is 24.3 Å². The molecule has 0 unspecified atom stereocenters. The summed E-state index contributed by atoms with van der Waals surface area (Å²) in [5.74, 6) is -0.348. The summed E-state index contributed by atoms with van der Waals surface area (Å²) in [6.07, 6.45) is 0. The van der Waals surface area contributed by atoms with Crippen molar-refractivity contribution in [1.29, 1.82) is 0 Å². The van der Waals surface area contributed by atoms with Crippen LogP contribution in [0.3, 0.4) is 0 Å². The molecule has 1 N–H and O–H groups in total. The number of amides is 1. The molecular formula is C8H8NO5S-. The number of carbonyl (C=O) groups excluding carboxylic acids is 1. The van der Waals surface area contributed by atoms with Crippen molar-refractivity contribution in [2.45, 2.75) is 6.92 Å². The molecular weight excluding hydrogens is 222 g/mol. The first-order valence-electron chi connectivity index (χ1n) is 3.90. The third-order valence-corrected chi connectivity index (χ3v) is 1.77. The molecule has 1 amide bonds. The molecule has 0 atom stereocenters. The second kappa shape index (κ2) is 4.28. The van der Waals surface area contributed by atoms with Gasteiger partial charge in [-0.2, -0.15) is 0 Å². The third-order valence-electron chi connectivity index (χ3n) is 1.37. The van der Waals surface area contributed by atoms with Crippen LogP contribution in [-0.2, 0) is 15.2 Å². The summed E-state index contributed by atoms with van der Waals surface area (Å²) in [5, 5.41) is 2.47. The van der Waals surface area contributed by atoms with Gasteiger partial charge in [0.1, 0.15) is 5.75 Å². The topological polar surface area (TPSA) is 95.5 Å². The van der Waals surface area contributed by atoms with Crippen LogP contribution in [0.2, 0.25) is 0 Å². The van der Waals surface area contributed by atoms with E-state index >= 15 is 0 Å². The molecule has 1 rings (SSSR count). The van der Waals surface area contributed by atoms with Crippen LogP contribution < -0.4 is 9.50 Å². The zero-order valence-corrected chi connectivity index (χ0v) is 8.58. The molecule has 0 bridgehead atoms. The maximum absolute atomic E-state index is 10.6. The Morgan fingerprint density at radius 3 is 2.27 bits per heavy atom. The number of benzene rings is 1. The zero-order chi connectivity index (χ0) is 11.5. The molecule has 0 aliphatic heterocycles. The van der Waals surface area contributed by atoms with Crippen LogP contribution in [0.25, 0.3) is 0 Å². The van der Waals surface area contributed by atoms with Crippen LogP contribution in [-0.4, -0.2) is 18.9 Å². The average molecular weight is 230 g/mol. The lowest BCUT2D eigenvalue weighted by atomic mass is 10.3. The summed E-state index contributed by atoms with van der Waals surface area (Å²) < 4.78 is 34.7. The molecule has 15 heavy (non-hydrogen) atoms. The van der Waals surface area contributed by atoms with Crippen molar-refractivity contribution in [3.63, 3.8) is 0 Å². The number of nitrogens with one attached hydrogen (secondary N) is 1. The Morgan fingerprint density at radius 2 is 1.87 bits per heavy atom. The minimum Gasteiger partial charge on any atom is -0.716 e. The largest absolute Gasteiger partial charge is 0.716 e. The predicted octanol–water partition coefficient (Wildman–Crippen LogP) is 0.484. The number of rotatable bonds is 3. The Balaban J connectivity index is 2.77. The van der Waals surface area contributed by atoms with Gasteiger partial charge in [0.05, 0.1) is 0 Å². The molecule has 1 aromatic carbocycles. The molecule has 0 aromatic heterocycles. The molecule has 0 fully saturated rings. The third kappa shape index (κ3) is 4.43. The van der Waals surface area contributed by atoms with Crippen LogP contribution >= 0.6 is 0 Å². The second-order valence-corrected chi connectivity index (χ2v) is 3.68. The van der Waals surface area contributed by atoms with Gasteiger partial charge in [-0.1, -0.05) is 0 Å². The molecule has 82 valence electrons. The maximum Gasteiger partial charge on any atom is 0.262 e. The SMILES string of the molecule is CC(=O)Nc1ccc(OS(=O)(=O)[O-])cc1. The number of hydrogen-bond acceptors (Lipinski definition) is 5. The second-order valence-electron chi connectivity index (χ2n) is 2.70. The Labute approximate surface area is 86.8 Å². The van der Waals surface area contributed by atoms with Gasteiger partial charge in [-0.3, -0.25) is 4.79 Å². The van der Waals surface area contributed by atoms with Crippen molar-refractivity contribution in [1.82, 2.24) is 0 Å². The zero-order valence-electron chi connectivity index (χ0n) is 7.76. The molecule has 7 heteroatoms. The van der Waals surface area contributed by atoms with E-state index in [0.717, 1.165) is 0 Å². The van der Waals surface area contributed by atoms with Gasteiger partial charge in [0, 0.05) is 12.6 Å². The predicted molar refractivity (Wildman–Crippen MR) is 51.1 cm³/mol. The van der Waals surface area contributed by atoms with E-state index in [4.69, 9.17) is 0 Å². The normalized spacial score (nSPS) is 10.8. The molecule has 0 spiro atoms. The fraction of sp³-hybridized carbons (Fsp3) is 0.125. The van der Waals surface area contributed by atoms with Crippen LogP contribution in [0.15, 0.2) is 24.3 Å². The average Bonchev–Trinajstić information content (AvgIpc) is 2.05. The van der Waals surface area contributed by atoms with E-state index in [2.05, 4.69) is 9.50 Å². The highest BCUT2D eigenvalue weighted by Gasteiger charge is 1.99. The number of carbonyl (C=O) groups is 1. The molecule has 0 heterocycles. The van der Waals surface area contributed by atoms with Gasteiger partial charge in [-0.15, -0.1) is 0 Å². The Hall–Kier alpha value is -1.60. The molecule has 0 saturated carbocycles. The van der Waals surface area contributed by atoms with Crippen molar-refractivity contribution >= 4 is 22.0 Å². The van der Waals surface area contributed by atoms with E-state index in [0.29, 0.717) is 5.69 Å². The van der Waals surface area contributed by atoms with Crippen molar-refractivity contribution in [2.24, 2.45) is 0 Å². The molecule has 1 aromatic rings. The fourth-order valence-corrected chi connectivity index (χ4v) is 1.26. The Morgan fingerprint density at radius 1 is 1.33 bits per heavy atom. The fourth-order valence-electron chi connectivity index (χ4n) is 0.915. The van der Waals surface area contributed by atoms with Crippen molar-refractivity contribution in [3.8, 4) is 5.75 Å². The Kier molecular flexibility index (Phi) is 3.28. The molecule has 6 nitrogen and oxygen atoms in total. The van der Waals surface area contributed by atoms with Crippen molar-refractivity contribution in [3.05, 3.63) is 24.3 Å². The number of anilines is 1. The quantitative estimate of drug-likeness (QED) is 0.602. The van der Waals surface area contributed by atoms with Crippen molar-refractivity contribution < 1.29 is 21.9 Å². The van der Waals surface area contributed by atoms with E-state index in [-0.39, 0.29) is 11.7 Å². The standard InChI is InChI=1S/C8H9NO5S/c1-6(10)9-7-2-4-8(5-3-7)14-15(11,12)13/h2-5H,1H3,(H,9,10)(H,11,12,13)/p-1. The summed E-state index contributed by atoms with van der Waals surface area (Å²) in [6.45, 7) is 1.34. The summed E-state index contributed by atoms with van der Waals surface area (Å²) >= 11 is 0. The van der Waals surface area contributed by atoms with Gasteiger partial charge in [0.2, 0.25) is 5.91 Å². The van der Waals surface area contributed by atoms with Crippen LogP contribution in [0.1, 0.15) is 6.92 Å². The van der Waals surface area contributed by atoms with Gasteiger partial charge >= 0.3 is 0 Å². The minimum atomic E-state index is -4.75. The maximum atomic E-state index is 10.6. The van der Waals surface area contributed by atoms with Gasteiger partial charge in [-0.25, -0.2) is 8.42 Å². The van der Waals surface area contributed by atoms with Gasteiger partial charge < -0.3 is 14.1 Å². The lowest BCUT2D eigenvalue weighted by molar-refractivity contribution is -0.114. The van der Waals surface area contributed by atoms with E-state index in [1.54, 1.807) is 0 Å². The first-order valence-corrected chi connectivity index (χ1v) is 5.23. The van der Waals surface area contributed by atoms with E-state index in [1.165, 1.54) is 31.2 Å². The lowest BCUT2D eigenvalue weighted by Gasteiger charge is -2.09. The number of hydrogen-bond donors (Lipinski definition) is 1. The van der Waals surface area contributed by atoms with Crippen LogP contribution in [0.4, 0.5) is 5.69 Å². The first-order chi connectivity index (χ1) is 6.87. The molecule has 0 saturated heterocycles. The monoisotopic (exact) mass is 230 g/mol. The lowest BCUT2D eigenvalue weighted by Crippen LogP contribution is -2.08. The molecule has 0 aliphatic carbocycles. The first kappa shape index (κ1) is 11.5. The van der Waals surface area contributed by atoms with E-state index in [1.807, 2.05) is 0 Å². The van der Waals surface area contributed by atoms with Crippen LogP contribution in [0, 0.1) is 0 Å².